The minimum Gasteiger partial charge on any atom is -0.462 e. The predicted molar refractivity (Wildman–Crippen MR) is 116 cm³/mol. The lowest BCUT2D eigenvalue weighted by atomic mass is 10.0. The molecule has 1 saturated heterocycles. The number of esters is 1. The Kier molecular flexibility index (Phi) is 5.67. The van der Waals surface area contributed by atoms with Crippen molar-refractivity contribution >= 4 is 22.6 Å². The fourth-order valence-corrected chi connectivity index (χ4v) is 3.98. The number of H-pyrrole nitrogens is 1. The third-order valence-electron chi connectivity index (χ3n) is 5.73. The number of hydrogen-bond acceptors (Lipinski definition) is 7. The van der Waals surface area contributed by atoms with Crippen LogP contribution in [0, 0.1) is 20.8 Å². The van der Waals surface area contributed by atoms with E-state index in [1.54, 1.807) is 6.20 Å². The van der Waals surface area contributed by atoms with Gasteiger partial charge in [-0.3, -0.25) is 15.0 Å². The van der Waals surface area contributed by atoms with Crippen LogP contribution >= 0.6 is 0 Å². The molecule has 8 nitrogen and oxygen atoms in total. The molecular formula is C22H28N6O2. The molecule has 3 heterocycles. The molecule has 4 rings (SSSR count). The average Bonchev–Trinajstić information content (AvgIpc) is 3.15. The first-order chi connectivity index (χ1) is 14.5. The highest BCUT2D eigenvalue weighted by molar-refractivity contribution is 6.06. The zero-order chi connectivity index (χ0) is 21.3. The van der Waals surface area contributed by atoms with Crippen LogP contribution in [0.4, 0.5) is 5.69 Å². The maximum absolute atomic E-state index is 12.7. The second-order valence-electron chi connectivity index (χ2n) is 7.74. The largest absolute Gasteiger partial charge is 0.462 e. The number of aromatic nitrogens is 4. The molecule has 0 aliphatic carbocycles. The van der Waals surface area contributed by atoms with E-state index in [1.165, 1.54) is 5.56 Å². The van der Waals surface area contributed by atoms with E-state index in [9.17, 15) is 4.79 Å². The first-order valence-electron chi connectivity index (χ1n) is 10.4. The number of nitrogens with zero attached hydrogens (tertiary/aromatic N) is 5. The molecule has 3 aromatic rings. The summed E-state index contributed by atoms with van der Waals surface area (Å²) in [5.41, 5.74) is 4.73. The molecule has 1 aliphatic heterocycles. The third kappa shape index (κ3) is 3.87. The van der Waals surface area contributed by atoms with Gasteiger partial charge in [0.05, 0.1) is 24.4 Å². The number of carbonyl (C=O) groups is 1. The number of benzene rings is 1. The Morgan fingerprint density at radius 1 is 1.17 bits per heavy atom. The van der Waals surface area contributed by atoms with Crippen LogP contribution in [-0.2, 0) is 11.3 Å². The number of nitrogens with one attached hydrogen (secondary N) is 1. The molecule has 1 N–H and O–H groups in total. The van der Waals surface area contributed by atoms with Gasteiger partial charge in [0, 0.05) is 37.8 Å². The average molecular weight is 409 g/mol. The fraction of sp³-hybridized carbons (Fsp3) is 0.455. The number of carbonyl (C=O) groups excluding carboxylic acids is 1. The van der Waals surface area contributed by atoms with Crippen LogP contribution in [0.1, 0.15) is 40.1 Å². The Morgan fingerprint density at radius 3 is 2.60 bits per heavy atom. The highest BCUT2D eigenvalue weighted by Gasteiger charge is 2.26. The van der Waals surface area contributed by atoms with Gasteiger partial charge in [0.2, 0.25) is 0 Å². The van der Waals surface area contributed by atoms with Crippen molar-refractivity contribution in [3.05, 3.63) is 46.7 Å². The molecule has 8 heteroatoms. The van der Waals surface area contributed by atoms with E-state index >= 15 is 0 Å². The molecule has 0 atom stereocenters. The predicted octanol–water partition coefficient (Wildman–Crippen LogP) is 2.78. The molecule has 158 valence electrons. The highest BCUT2D eigenvalue weighted by atomic mass is 16.5. The molecule has 1 aromatic carbocycles. The quantitative estimate of drug-likeness (QED) is 0.650. The van der Waals surface area contributed by atoms with Crippen molar-refractivity contribution in [1.29, 1.82) is 0 Å². The number of pyridine rings is 1. The van der Waals surface area contributed by atoms with Crippen LogP contribution in [0.2, 0.25) is 0 Å². The summed E-state index contributed by atoms with van der Waals surface area (Å²) in [6, 6.07) is 4.17. The van der Waals surface area contributed by atoms with E-state index < -0.39 is 0 Å². The monoisotopic (exact) mass is 408 g/mol. The SMILES string of the molecule is CCOC(=O)c1cnc2c(C)c(C)ccc2c1N1CCN(Cc2n[nH]c(C)n2)CC1. The van der Waals surface area contributed by atoms with Gasteiger partial charge >= 0.3 is 5.97 Å². The van der Waals surface area contributed by atoms with Crippen LogP contribution in [-0.4, -0.2) is 63.8 Å². The summed E-state index contributed by atoms with van der Waals surface area (Å²) in [7, 11) is 0. The van der Waals surface area contributed by atoms with E-state index in [2.05, 4.69) is 55.9 Å². The fourth-order valence-electron chi connectivity index (χ4n) is 3.98. The summed E-state index contributed by atoms with van der Waals surface area (Å²) in [5.74, 6) is 1.32. The number of fused-ring (bicyclic) bond motifs is 1. The zero-order valence-corrected chi connectivity index (χ0v) is 18.0. The molecule has 1 aliphatic rings. The van der Waals surface area contributed by atoms with Crippen LogP contribution < -0.4 is 4.90 Å². The Hall–Kier alpha value is -3.00. The number of rotatable bonds is 5. The van der Waals surface area contributed by atoms with Crippen LogP contribution in [0.5, 0.6) is 0 Å². The van der Waals surface area contributed by atoms with E-state index in [-0.39, 0.29) is 5.97 Å². The minimum absolute atomic E-state index is 0.321. The molecule has 0 amide bonds. The smallest absolute Gasteiger partial charge is 0.341 e. The van der Waals surface area contributed by atoms with Gasteiger partial charge in [0.25, 0.3) is 0 Å². The highest BCUT2D eigenvalue weighted by Crippen LogP contribution is 2.33. The van der Waals surface area contributed by atoms with Crippen molar-refractivity contribution in [2.24, 2.45) is 0 Å². The van der Waals surface area contributed by atoms with Gasteiger partial charge in [-0.2, -0.15) is 5.10 Å². The zero-order valence-electron chi connectivity index (χ0n) is 18.0. The number of aromatic amines is 1. The van der Waals surface area contributed by atoms with Crippen LogP contribution in [0.25, 0.3) is 10.9 Å². The first-order valence-corrected chi connectivity index (χ1v) is 10.4. The maximum atomic E-state index is 12.7. The molecule has 1 fully saturated rings. The van der Waals surface area contributed by atoms with Crippen molar-refractivity contribution in [3.8, 4) is 0 Å². The number of anilines is 1. The Balaban J connectivity index is 1.64. The van der Waals surface area contributed by atoms with E-state index in [4.69, 9.17) is 4.74 Å². The van der Waals surface area contributed by atoms with E-state index in [1.807, 2.05) is 13.8 Å². The van der Waals surface area contributed by atoms with Gasteiger partial charge in [0.1, 0.15) is 11.4 Å². The van der Waals surface area contributed by atoms with Gasteiger partial charge in [-0.15, -0.1) is 0 Å². The van der Waals surface area contributed by atoms with Crippen LogP contribution in [0.3, 0.4) is 0 Å². The minimum atomic E-state index is -0.321. The topological polar surface area (TPSA) is 87.2 Å². The number of ether oxygens (including phenoxy) is 1. The molecule has 0 spiro atoms. The van der Waals surface area contributed by atoms with Gasteiger partial charge in [-0.05, 0) is 38.8 Å². The van der Waals surface area contributed by atoms with Crippen molar-refractivity contribution < 1.29 is 9.53 Å². The van der Waals surface area contributed by atoms with Crippen molar-refractivity contribution in [3.63, 3.8) is 0 Å². The van der Waals surface area contributed by atoms with Gasteiger partial charge in [-0.1, -0.05) is 12.1 Å². The van der Waals surface area contributed by atoms with Crippen molar-refractivity contribution in [2.45, 2.75) is 34.2 Å². The summed E-state index contributed by atoms with van der Waals surface area (Å²) in [5, 5.41) is 8.14. The number of aryl methyl sites for hydroxylation is 3. The molecule has 0 radical (unpaired) electrons. The summed E-state index contributed by atoms with van der Waals surface area (Å²) in [6.07, 6.45) is 1.67. The normalized spacial score (nSPS) is 15.0. The summed E-state index contributed by atoms with van der Waals surface area (Å²) < 4.78 is 5.33. The molecule has 0 bridgehead atoms. The van der Waals surface area contributed by atoms with E-state index in [0.29, 0.717) is 12.2 Å². The molecule has 30 heavy (non-hydrogen) atoms. The third-order valence-corrected chi connectivity index (χ3v) is 5.73. The van der Waals surface area contributed by atoms with Gasteiger partial charge < -0.3 is 9.64 Å². The molecular weight excluding hydrogens is 380 g/mol. The second kappa shape index (κ2) is 8.39. The van der Waals surface area contributed by atoms with E-state index in [0.717, 1.165) is 66.5 Å². The lowest BCUT2D eigenvalue weighted by molar-refractivity contribution is 0.0526. The standard InChI is InChI=1S/C22H28N6O2/c1-5-30-22(29)18-12-23-20-15(3)14(2)6-7-17(20)21(18)28-10-8-27(9-11-28)13-19-24-16(4)25-26-19/h6-7,12H,5,8-11,13H2,1-4H3,(H,24,25,26). The van der Waals surface area contributed by atoms with Crippen molar-refractivity contribution in [2.75, 3.05) is 37.7 Å². The van der Waals surface area contributed by atoms with Gasteiger partial charge in [-0.25, -0.2) is 9.78 Å². The molecule has 2 aromatic heterocycles. The van der Waals surface area contributed by atoms with Crippen molar-refractivity contribution in [1.82, 2.24) is 25.1 Å². The first kappa shape index (κ1) is 20.3. The molecule has 0 saturated carbocycles. The Bertz CT molecular complexity index is 1070. The maximum Gasteiger partial charge on any atom is 0.341 e. The Morgan fingerprint density at radius 2 is 1.93 bits per heavy atom. The summed E-state index contributed by atoms with van der Waals surface area (Å²) in [6.45, 7) is 12.3. The lowest BCUT2D eigenvalue weighted by Crippen LogP contribution is -2.46. The second-order valence-corrected chi connectivity index (χ2v) is 7.74. The lowest BCUT2D eigenvalue weighted by Gasteiger charge is -2.36. The Labute approximate surface area is 176 Å². The van der Waals surface area contributed by atoms with Gasteiger partial charge in [0.15, 0.2) is 5.82 Å². The summed E-state index contributed by atoms with van der Waals surface area (Å²) in [4.78, 5) is 26.3. The number of hydrogen-bond donors (Lipinski definition) is 1. The molecule has 0 unspecified atom stereocenters. The summed E-state index contributed by atoms with van der Waals surface area (Å²) >= 11 is 0. The number of piperazine rings is 1. The van der Waals surface area contributed by atoms with Crippen LogP contribution in [0.15, 0.2) is 18.3 Å².